The van der Waals surface area contributed by atoms with Gasteiger partial charge in [-0.1, -0.05) is 30.1 Å². The number of nitrogens with zero attached hydrogens (tertiary/aromatic N) is 3. The van der Waals surface area contributed by atoms with Gasteiger partial charge in [0.1, 0.15) is 4.32 Å². The lowest BCUT2D eigenvalue weighted by Gasteiger charge is -2.10. The number of thiocarbonyl (C=S) groups is 1. The first-order valence-electron chi connectivity index (χ1n) is 7.29. The van der Waals surface area contributed by atoms with Gasteiger partial charge in [0.25, 0.3) is 11.6 Å². The van der Waals surface area contributed by atoms with Crippen LogP contribution in [0.4, 0.5) is 5.69 Å². The summed E-state index contributed by atoms with van der Waals surface area (Å²) in [5.41, 5.74) is 1.58. The quantitative estimate of drug-likeness (QED) is 0.263. The average Bonchev–Trinajstić information content (AvgIpc) is 3.16. The molecule has 0 unspecified atom stereocenters. The van der Waals surface area contributed by atoms with Crippen LogP contribution in [0, 0.1) is 10.1 Å². The van der Waals surface area contributed by atoms with E-state index in [9.17, 15) is 14.9 Å². The van der Waals surface area contributed by atoms with Gasteiger partial charge in [-0.25, -0.2) is 0 Å². The maximum absolute atomic E-state index is 12.4. The molecule has 1 amide bonds. The molecule has 25 heavy (non-hydrogen) atoms. The standard InChI is InChI=1S/C17H13N3O3S2/c1-2-9-19-16(21)15(25-17(19)24)11-14-4-3-10-18(14)12-5-7-13(8-6-12)20(22)23/h2-8,10-11H,1,9H2. The summed E-state index contributed by atoms with van der Waals surface area (Å²) in [6.07, 6.45) is 5.23. The Morgan fingerprint density at radius 2 is 2.00 bits per heavy atom. The minimum atomic E-state index is -0.439. The van der Waals surface area contributed by atoms with Crippen LogP contribution >= 0.6 is 24.0 Å². The first kappa shape index (κ1) is 17.1. The van der Waals surface area contributed by atoms with Gasteiger partial charge in [-0.15, -0.1) is 6.58 Å². The lowest BCUT2D eigenvalue weighted by atomic mass is 10.2. The second kappa shape index (κ2) is 7.04. The van der Waals surface area contributed by atoms with Crippen molar-refractivity contribution in [3.05, 3.63) is 76.0 Å². The van der Waals surface area contributed by atoms with Gasteiger partial charge < -0.3 is 4.57 Å². The Balaban J connectivity index is 1.92. The number of amides is 1. The van der Waals surface area contributed by atoms with E-state index in [4.69, 9.17) is 12.2 Å². The smallest absolute Gasteiger partial charge is 0.269 e. The maximum atomic E-state index is 12.4. The van der Waals surface area contributed by atoms with Gasteiger partial charge in [0.05, 0.1) is 9.83 Å². The summed E-state index contributed by atoms with van der Waals surface area (Å²) < 4.78 is 2.36. The molecule has 0 saturated carbocycles. The zero-order valence-corrected chi connectivity index (χ0v) is 14.6. The van der Waals surface area contributed by atoms with Crippen molar-refractivity contribution in [3.8, 4) is 5.69 Å². The average molecular weight is 371 g/mol. The summed E-state index contributed by atoms with van der Waals surface area (Å²) in [6, 6.07) is 9.93. The summed E-state index contributed by atoms with van der Waals surface area (Å²) in [5, 5.41) is 10.8. The second-order valence-electron chi connectivity index (χ2n) is 5.16. The van der Waals surface area contributed by atoms with Crippen LogP contribution in [0.25, 0.3) is 11.8 Å². The van der Waals surface area contributed by atoms with Crippen LogP contribution in [0.3, 0.4) is 0 Å². The molecule has 3 rings (SSSR count). The van der Waals surface area contributed by atoms with Gasteiger partial charge in [-0.05, 0) is 30.3 Å². The third-order valence-corrected chi connectivity index (χ3v) is 4.96. The molecule has 2 aromatic rings. The zero-order chi connectivity index (χ0) is 18.0. The van der Waals surface area contributed by atoms with E-state index in [1.807, 2.05) is 22.9 Å². The first-order valence-corrected chi connectivity index (χ1v) is 8.52. The van der Waals surface area contributed by atoms with E-state index in [2.05, 4.69) is 6.58 Å². The Kier molecular flexibility index (Phi) is 4.82. The van der Waals surface area contributed by atoms with Crippen LogP contribution in [-0.2, 0) is 4.79 Å². The molecule has 0 spiro atoms. The van der Waals surface area contributed by atoms with E-state index >= 15 is 0 Å². The lowest BCUT2D eigenvalue weighted by molar-refractivity contribution is -0.384. The number of benzene rings is 1. The number of nitro benzene ring substituents is 1. The largest absolute Gasteiger partial charge is 0.317 e. The molecule has 6 nitrogen and oxygen atoms in total. The van der Waals surface area contributed by atoms with Gasteiger partial charge in [-0.2, -0.15) is 0 Å². The molecule has 1 aliphatic heterocycles. The Morgan fingerprint density at radius 1 is 1.28 bits per heavy atom. The van der Waals surface area contributed by atoms with E-state index in [1.54, 1.807) is 24.3 Å². The molecule has 1 saturated heterocycles. The number of nitro groups is 1. The highest BCUT2D eigenvalue weighted by molar-refractivity contribution is 8.26. The Bertz CT molecular complexity index is 900. The number of aromatic nitrogens is 1. The molecule has 1 aromatic carbocycles. The molecule has 0 N–H and O–H groups in total. The van der Waals surface area contributed by atoms with Crippen molar-refractivity contribution < 1.29 is 9.72 Å². The van der Waals surface area contributed by atoms with Gasteiger partial charge in [0, 0.05) is 36.3 Å². The van der Waals surface area contributed by atoms with Gasteiger partial charge in [0.15, 0.2) is 0 Å². The van der Waals surface area contributed by atoms with E-state index in [-0.39, 0.29) is 11.6 Å². The van der Waals surface area contributed by atoms with Gasteiger partial charge in [0.2, 0.25) is 0 Å². The summed E-state index contributed by atoms with van der Waals surface area (Å²) in [6.45, 7) is 4.01. The third kappa shape index (κ3) is 3.40. The number of rotatable bonds is 5. The molecule has 8 heteroatoms. The lowest BCUT2D eigenvalue weighted by Crippen LogP contribution is -2.27. The van der Waals surface area contributed by atoms with Gasteiger partial charge in [-0.3, -0.25) is 19.8 Å². The van der Waals surface area contributed by atoms with Crippen molar-refractivity contribution in [2.45, 2.75) is 0 Å². The first-order chi connectivity index (χ1) is 12.0. The van der Waals surface area contributed by atoms with E-state index in [1.165, 1.54) is 28.8 Å². The van der Waals surface area contributed by atoms with Crippen molar-refractivity contribution in [2.24, 2.45) is 0 Å². The molecule has 0 bridgehead atoms. The highest BCUT2D eigenvalue weighted by Crippen LogP contribution is 2.32. The minimum Gasteiger partial charge on any atom is -0.317 e. The Labute approximate surface area is 153 Å². The van der Waals surface area contributed by atoms with E-state index in [0.29, 0.717) is 15.8 Å². The van der Waals surface area contributed by atoms with Crippen LogP contribution in [0.1, 0.15) is 5.69 Å². The van der Waals surface area contributed by atoms with Crippen molar-refractivity contribution in [3.63, 3.8) is 0 Å². The number of carbonyl (C=O) groups is 1. The highest BCUT2D eigenvalue weighted by atomic mass is 32.2. The molecule has 0 radical (unpaired) electrons. The number of thioether (sulfide) groups is 1. The summed E-state index contributed by atoms with van der Waals surface area (Å²) >= 11 is 6.48. The van der Waals surface area contributed by atoms with Crippen LogP contribution in [0.15, 0.2) is 60.2 Å². The minimum absolute atomic E-state index is 0.0303. The molecule has 0 aliphatic carbocycles. The van der Waals surface area contributed by atoms with Crippen molar-refractivity contribution >= 4 is 46.0 Å². The maximum Gasteiger partial charge on any atom is 0.269 e. The highest BCUT2D eigenvalue weighted by Gasteiger charge is 2.31. The Hall–Kier alpha value is -2.71. The SMILES string of the molecule is C=CCN1C(=O)C(=Cc2cccn2-c2ccc([N+](=O)[O-])cc2)SC1=S. The number of carbonyl (C=O) groups excluding carboxylic acids is 1. The Morgan fingerprint density at radius 3 is 2.64 bits per heavy atom. The van der Waals surface area contributed by atoms with E-state index in [0.717, 1.165) is 11.4 Å². The van der Waals surface area contributed by atoms with Crippen molar-refractivity contribution in [1.82, 2.24) is 9.47 Å². The molecule has 0 atom stereocenters. The van der Waals surface area contributed by atoms with Crippen molar-refractivity contribution in [2.75, 3.05) is 6.54 Å². The molecule has 1 aromatic heterocycles. The molecular formula is C17H13N3O3S2. The summed E-state index contributed by atoms with van der Waals surface area (Å²) in [7, 11) is 0. The normalized spacial score (nSPS) is 15.8. The van der Waals surface area contributed by atoms with Crippen LogP contribution in [0.2, 0.25) is 0 Å². The number of non-ortho nitro benzene ring substituents is 1. The monoisotopic (exact) mass is 371 g/mol. The molecule has 1 aliphatic rings. The second-order valence-corrected chi connectivity index (χ2v) is 6.83. The predicted molar refractivity (Wildman–Crippen MR) is 102 cm³/mol. The number of hydrogen-bond acceptors (Lipinski definition) is 5. The summed E-state index contributed by atoms with van der Waals surface area (Å²) in [4.78, 5) is 24.8. The van der Waals surface area contributed by atoms with E-state index < -0.39 is 4.92 Å². The van der Waals surface area contributed by atoms with Crippen LogP contribution in [0.5, 0.6) is 0 Å². The van der Waals surface area contributed by atoms with Crippen LogP contribution in [-0.4, -0.2) is 31.2 Å². The summed E-state index contributed by atoms with van der Waals surface area (Å²) in [5.74, 6) is -0.147. The van der Waals surface area contributed by atoms with Gasteiger partial charge >= 0.3 is 0 Å². The fourth-order valence-corrected chi connectivity index (χ4v) is 3.66. The third-order valence-electron chi connectivity index (χ3n) is 3.58. The predicted octanol–water partition coefficient (Wildman–Crippen LogP) is 3.77. The van der Waals surface area contributed by atoms with Crippen LogP contribution < -0.4 is 0 Å². The van der Waals surface area contributed by atoms with Crippen molar-refractivity contribution in [1.29, 1.82) is 0 Å². The topological polar surface area (TPSA) is 68.4 Å². The molecule has 2 heterocycles. The zero-order valence-electron chi connectivity index (χ0n) is 13.0. The fraction of sp³-hybridized carbons (Fsp3) is 0.0588. The molecular weight excluding hydrogens is 358 g/mol. The fourth-order valence-electron chi connectivity index (χ4n) is 2.40. The number of hydrogen-bond donors (Lipinski definition) is 0. The molecule has 126 valence electrons. The molecule has 1 fully saturated rings.